The Morgan fingerprint density at radius 1 is 1.38 bits per heavy atom. The van der Waals surface area contributed by atoms with Crippen LogP contribution >= 0.6 is 11.6 Å². The first-order valence-electron chi connectivity index (χ1n) is 6.01. The molecule has 0 bridgehead atoms. The largest absolute Gasteiger partial charge is 0.480 e. The van der Waals surface area contributed by atoms with Crippen molar-refractivity contribution >= 4 is 35.1 Å². The third-order valence-corrected chi connectivity index (χ3v) is 2.66. The Hall–Kier alpha value is -2.28. The molecule has 1 aromatic rings. The minimum absolute atomic E-state index is 0.168. The highest BCUT2D eigenvalue weighted by Gasteiger charge is 2.14. The van der Waals surface area contributed by atoms with E-state index in [1.54, 1.807) is 6.92 Å². The molecule has 3 N–H and O–H groups in total. The minimum Gasteiger partial charge on any atom is -0.480 e. The van der Waals surface area contributed by atoms with Crippen molar-refractivity contribution in [3.8, 4) is 5.75 Å². The zero-order chi connectivity index (χ0) is 16.0. The van der Waals surface area contributed by atoms with Crippen LogP contribution in [0.15, 0.2) is 18.2 Å². The molecule has 21 heavy (non-hydrogen) atoms. The molecular formula is C13H15ClN2O5. The number of carbonyl (C=O) groups excluding carboxylic acids is 2. The number of hydrogen-bond acceptors (Lipinski definition) is 4. The van der Waals surface area contributed by atoms with Crippen LogP contribution < -0.4 is 15.4 Å². The standard InChI is InChI=1S/C13H15ClN2O5/c1-7(15-8(2)17)13(20)16-9-3-4-11(10(14)5-9)21-6-12(18)19/h3-5,7H,6H2,1-2H3,(H,15,17)(H,16,20)(H,18,19). The van der Waals surface area contributed by atoms with Crippen LogP contribution in [0.4, 0.5) is 5.69 Å². The molecule has 2 amide bonds. The summed E-state index contributed by atoms with van der Waals surface area (Å²) in [5.41, 5.74) is 0.407. The summed E-state index contributed by atoms with van der Waals surface area (Å²) in [5.74, 6) is -1.63. The van der Waals surface area contributed by atoms with Gasteiger partial charge in [-0.3, -0.25) is 9.59 Å². The Morgan fingerprint density at radius 2 is 2.05 bits per heavy atom. The number of amides is 2. The fourth-order valence-electron chi connectivity index (χ4n) is 1.46. The van der Waals surface area contributed by atoms with E-state index in [1.165, 1.54) is 25.1 Å². The highest BCUT2D eigenvalue weighted by Crippen LogP contribution is 2.27. The first kappa shape index (κ1) is 16.8. The molecule has 8 heteroatoms. The molecule has 1 unspecified atom stereocenters. The van der Waals surface area contributed by atoms with Gasteiger partial charge in [-0.05, 0) is 25.1 Å². The van der Waals surface area contributed by atoms with Crippen LogP contribution in [0.3, 0.4) is 0 Å². The van der Waals surface area contributed by atoms with E-state index >= 15 is 0 Å². The number of carboxylic acids is 1. The first-order valence-corrected chi connectivity index (χ1v) is 6.39. The zero-order valence-corrected chi connectivity index (χ0v) is 12.2. The highest BCUT2D eigenvalue weighted by atomic mass is 35.5. The third kappa shape index (κ3) is 5.70. The highest BCUT2D eigenvalue weighted by molar-refractivity contribution is 6.32. The van der Waals surface area contributed by atoms with E-state index in [0.29, 0.717) is 5.69 Å². The van der Waals surface area contributed by atoms with Gasteiger partial charge in [-0.1, -0.05) is 11.6 Å². The fourth-order valence-corrected chi connectivity index (χ4v) is 1.69. The number of ether oxygens (including phenoxy) is 1. The maximum absolute atomic E-state index is 11.8. The summed E-state index contributed by atoms with van der Waals surface area (Å²) in [5, 5.41) is 13.7. The molecule has 0 saturated carbocycles. The van der Waals surface area contributed by atoms with Gasteiger partial charge in [0.1, 0.15) is 11.8 Å². The average Bonchev–Trinajstić information content (AvgIpc) is 2.36. The molecule has 0 aliphatic rings. The number of carboxylic acid groups (broad SMARTS) is 1. The molecule has 1 aromatic carbocycles. The molecule has 0 fully saturated rings. The number of rotatable bonds is 6. The van der Waals surface area contributed by atoms with E-state index in [4.69, 9.17) is 21.4 Å². The van der Waals surface area contributed by atoms with Crippen LogP contribution in [0, 0.1) is 0 Å². The van der Waals surface area contributed by atoms with Gasteiger partial charge in [0.25, 0.3) is 0 Å². The van der Waals surface area contributed by atoms with E-state index in [1.807, 2.05) is 0 Å². The molecule has 0 heterocycles. The predicted molar refractivity (Wildman–Crippen MR) is 76.5 cm³/mol. The van der Waals surface area contributed by atoms with Crippen molar-refractivity contribution < 1.29 is 24.2 Å². The normalized spacial score (nSPS) is 11.4. The van der Waals surface area contributed by atoms with Crippen LogP contribution in [0.2, 0.25) is 5.02 Å². The maximum Gasteiger partial charge on any atom is 0.341 e. The summed E-state index contributed by atoms with van der Waals surface area (Å²) in [4.78, 5) is 33.0. The van der Waals surface area contributed by atoms with Gasteiger partial charge in [0.15, 0.2) is 6.61 Å². The lowest BCUT2D eigenvalue weighted by Crippen LogP contribution is -2.40. The Balaban J connectivity index is 2.69. The second-order valence-corrected chi connectivity index (χ2v) is 4.65. The van der Waals surface area contributed by atoms with E-state index in [2.05, 4.69) is 10.6 Å². The van der Waals surface area contributed by atoms with E-state index in [0.717, 1.165) is 0 Å². The fraction of sp³-hybridized carbons (Fsp3) is 0.308. The monoisotopic (exact) mass is 314 g/mol. The van der Waals surface area contributed by atoms with Crippen molar-refractivity contribution in [2.45, 2.75) is 19.9 Å². The Kier molecular flexibility index (Phi) is 5.98. The maximum atomic E-state index is 11.8. The number of carbonyl (C=O) groups is 3. The molecule has 0 aliphatic heterocycles. The lowest BCUT2D eigenvalue weighted by molar-refractivity contribution is -0.139. The van der Waals surface area contributed by atoms with Crippen LogP contribution in [0.25, 0.3) is 0 Å². The molecule has 0 aromatic heterocycles. The Labute approximate surface area is 126 Å². The van der Waals surface area contributed by atoms with Crippen LogP contribution in [0.5, 0.6) is 5.75 Å². The predicted octanol–water partition coefficient (Wildman–Crippen LogP) is 1.27. The van der Waals surface area contributed by atoms with E-state index in [-0.39, 0.29) is 16.7 Å². The number of aliphatic carboxylic acids is 1. The molecule has 114 valence electrons. The molecule has 1 atom stereocenters. The van der Waals surface area contributed by atoms with E-state index < -0.39 is 24.5 Å². The van der Waals surface area contributed by atoms with Gasteiger partial charge in [0.2, 0.25) is 11.8 Å². The second kappa shape index (κ2) is 7.49. The van der Waals surface area contributed by atoms with E-state index in [9.17, 15) is 14.4 Å². The van der Waals surface area contributed by atoms with Gasteiger partial charge in [-0.25, -0.2) is 4.79 Å². The smallest absolute Gasteiger partial charge is 0.341 e. The number of halogens is 1. The summed E-state index contributed by atoms with van der Waals surface area (Å²) in [7, 11) is 0. The molecular weight excluding hydrogens is 300 g/mol. The lowest BCUT2D eigenvalue weighted by atomic mass is 10.2. The minimum atomic E-state index is -1.12. The van der Waals surface area contributed by atoms with Gasteiger partial charge >= 0.3 is 5.97 Å². The number of hydrogen-bond donors (Lipinski definition) is 3. The van der Waals surface area contributed by atoms with Gasteiger partial charge < -0.3 is 20.5 Å². The quantitative estimate of drug-likeness (QED) is 0.733. The molecule has 7 nitrogen and oxygen atoms in total. The van der Waals surface area contributed by atoms with Gasteiger partial charge in [-0.15, -0.1) is 0 Å². The molecule has 0 saturated heterocycles. The Morgan fingerprint density at radius 3 is 2.57 bits per heavy atom. The van der Waals surface area contributed by atoms with Gasteiger partial charge in [0, 0.05) is 12.6 Å². The second-order valence-electron chi connectivity index (χ2n) is 4.24. The molecule has 0 spiro atoms. The van der Waals surface area contributed by atoms with Crippen LogP contribution in [-0.2, 0) is 14.4 Å². The summed E-state index contributed by atoms with van der Waals surface area (Å²) >= 11 is 5.92. The van der Waals surface area contributed by atoms with Crippen LogP contribution in [0.1, 0.15) is 13.8 Å². The van der Waals surface area contributed by atoms with Crippen molar-refractivity contribution in [3.63, 3.8) is 0 Å². The van der Waals surface area contributed by atoms with Crippen molar-refractivity contribution in [3.05, 3.63) is 23.2 Å². The van der Waals surface area contributed by atoms with Gasteiger partial charge in [0.05, 0.1) is 5.02 Å². The topological polar surface area (TPSA) is 105 Å². The third-order valence-electron chi connectivity index (χ3n) is 2.36. The summed E-state index contributed by atoms with van der Waals surface area (Å²) < 4.78 is 4.96. The lowest BCUT2D eigenvalue weighted by Gasteiger charge is -2.13. The molecule has 1 rings (SSSR count). The average molecular weight is 315 g/mol. The number of nitrogens with one attached hydrogen (secondary N) is 2. The SMILES string of the molecule is CC(=O)NC(C)C(=O)Nc1ccc(OCC(=O)O)c(Cl)c1. The Bertz CT molecular complexity index is 561. The summed E-state index contributed by atoms with van der Waals surface area (Å²) in [6, 6.07) is 3.70. The van der Waals surface area contributed by atoms with Crippen LogP contribution in [-0.4, -0.2) is 35.5 Å². The molecule has 0 radical (unpaired) electrons. The summed E-state index contributed by atoms with van der Waals surface area (Å²) in [6.45, 7) is 2.35. The van der Waals surface area contributed by atoms with Crippen molar-refractivity contribution in [2.24, 2.45) is 0 Å². The van der Waals surface area contributed by atoms with Crippen molar-refractivity contribution in [2.75, 3.05) is 11.9 Å². The number of benzene rings is 1. The zero-order valence-electron chi connectivity index (χ0n) is 11.5. The van der Waals surface area contributed by atoms with Crippen molar-refractivity contribution in [1.29, 1.82) is 0 Å². The summed E-state index contributed by atoms with van der Waals surface area (Å²) in [6.07, 6.45) is 0. The van der Waals surface area contributed by atoms with Crippen molar-refractivity contribution in [1.82, 2.24) is 5.32 Å². The van der Waals surface area contributed by atoms with Gasteiger partial charge in [-0.2, -0.15) is 0 Å². The number of anilines is 1. The first-order chi connectivity index (χ1) is 9.79. The molecule has 0 aliphatic carbocycles.